The molecule has 1 heterocycles. The molecule has 0 spiro atoms. The van der Waals surface area contributed by atoms with Crippen molar-refractivity contribution >= 4 is 71.3 Å². The summed E-state index contributed by atoms with van der Waals surface area (Å²) in [6.07, 6.45) is 0. The molecule has 11 rings (SSSR count). The topological polar surface area (TPSA) is 16.4 Å². The van der Waals surface area contributed by atoms with Crippen LogP contribution in [0, 0.1) is 0 Å². The highest BCUT2D eigenvalue weighted by Gasteiger charge is 2.17. The van der Waals surface area contributed by atoms with Crippen LogP contribution in [0.3, 0.4) is 0 Å². The smallest absolute Gasteiger partial charge is 0.143 e. The SMILES string of the molecule is c1ccc2c(-c3ccc(N(c4ccc(-c5cccc6ccccc56)cc4)c4ccc(-c5cc6c7ccccc7oc6c6ccccc56)cc4)cc3)cccc2c1. The van der Waals surface area contributed by atoms with Crippen LogP contribution in [0.1, 0.15) is 0 Å². The zero-order chi connectivity index (χ0) is 37.0. The van der Waals surface area contributed by atoms with E-state index < -0.39 is 0 Å². The Morgan fingerprint density at radius 2 is 0.696 bits per heavy atom. The van der Waals surface area contributed by atoms with Crippen molar-refractivity contribution in [1.29, 1.82) is 0 Å². The van der Waals surface area contributed by atoms with Gasteiger partial charge < -0.3 is 9.32 Å². The number of hydrogen-bond donors (Lipinski definition) is 0. The maximum atomic E-state index is 6.41. The summed E-state index contributed by atoms with van der Waals surface area (Å²) >= 11 is 0. The predicted octanol–water partition coefficient (Wildman–Crippen LogP) is 15.5. The van der Waals surface area contributed by atoms with Crippen molar-refractivity contribution in [2.45, 2.75) is 0 Å². The number of nitrogens with zero attached hydrogens (tertiary/aromatic N) is 1. The summed E-state index contributed by atoms with van der Waals surface area (Å²) in [6, 6.07) is 76.5. The molecule has 0 aliphatic rings. The maximum Gasteiger partial charge on any atom is 0.143 e. The summed E-state index contributed by atoms with van der Waals surface area (Å²) in [7, 11) is 0. The molecule has 0 saturated heterocycles. The van der Waals surface area contributed by atoms with Gasteiger partial charge in [0.2, 0.25) is 0 Å². The van der Waals surface area contributed by atoms with E-state index in [0.717, 1.165) is 50.0 Å². The van der Waals surface area contributed by atoms with Gasteiger partial charge in [-0.25, -0.2) is 0 Å². The minimum atomic E-state index is 0.911. The minimum Gasteiger partial charge on any atom is -0.455 e. The zero-order valence-corrected chi connectivity index (χ0v) is 30.6. The van der Waals surface area contributed by atoms with Gasteiger partial charge in [0.1, 0.15) is 11.2 Å². The first-order chi connectivity index (χ1) is 27.8. The third-order valence-electron chi connectivity index (χ3n) is 11.3. The van der Waals surface area contributed by atoms with Crippen molar-refractivity contribution in [2.24, 2.45) is 0 Å². The van der Waals surface area contributed by atoms with Crippen molar-refractivity contribution in [3.63, 3.8) is 0 Å². The van der Waals surface area contributed by atoms with Crippen LogP contribution in [0.2, 0.25) is 0 Å². The van der Waals surface area contributed by atoms with E-state index in [2.05, 4.69) is 211 Å². The lowest BCUT2D eigenvalue weighted by molar-refractivity contribution is 0.672. The summed E-state index contributed by atoms with van der Waals surface area (Å²) in [4.78, 5) is 2.36. The zero-order valence-electron chi connectivity index (χ0n) is 30.6. The number of benzene rings is 10. The normalized spacial score (nSPS) is 11.6. The highest BCUT2D eigenvalue weighted by molar-refractivity contribution is 6.19. The standard InChI is InChI=1S/C54H35NO/c1-3-15-44-36(11-1)13-9-20-46(44)38-23-29-41(30-24-38)55(42-31-25-39(26-32-42)47-21-10-14-37-12-2-4-16-45(37)47)43-33-27-40(28-34-43)51-35-52-49-18-7-8-22-53(49)56-54(52)50-19-6-5-17-48(50)51/h1-35H. The number of anilines is 3. The molecule has 0 amide bonds. The van der Waals surface area contributed by atoms with Crippen LogP contribution in [0.15, 0.2) is 217 Å². The Morgan fingerprint density at radius 1 is 0.286 bits per heavy atom. The molecule has 0 fully saturated rings. The molecule has 0 radical (unpaired) electrons. The van der Waals surface area contributed by atoms with Gasteiger partial charge in [0.25, 0.3) is 0 Å². The molecule has 0 saturated carbocycles. The maximum absolute atomic E-state index is 6.41. The van der Waals surface area contributed by atoms with Gasteiger partial charge >= 0.3 is 0 Å². The Bertz CT molecular complexity index is 3090. The molecule has 2 nitrogen and oxygen atoms in total. The Labute approximate surface area is 325 Å². The second-order valence-electron chi connectivity index (χ2n) is 14.5. The van der Waals surface area contributed by atoms with Crippen LogP contribution in [0.5, 0.6) is 0 Å². The molecule has 262 valence electrons. The molecule has 0 atom stereocenters. The van der Waals surface area contributed by atoms with Gasteiger partial charge in [0.15, 0.2) is 0 Å². The van der Waals surface area contributed by atoms with Crippen molar-refractivity contribution < 1.29 is 4.42 Å². The number of furan rings is 1. The third kappa shape index (κ3) is 5.34. The van der Waals surface area contributed by atoms with Gasteiger partial charge in [0, 0.05) is 33.2 Å². The Morgan fingerprint density at radius 3 is 1.23 bits per heavy atom. The van der Waals surface area contributed by atoms with Crippen LogP contribution in [-0.2, 0) is 0 Å². The fourth-order valence-corrected chi connectivity index (χ4v) is 8.56. The van der Waals surface area contributed by atoms with E-state index in [1.807, 2.05) is 6.07 Å². The fourth-order valence-electron chi connectivity index (χ4n) is 8.56. The largest absolute Gasteiger partial charge is 0.455 e. The summed E-state index contributed by atoms with van der Waals surface area (Å²) in [6.45, 7) is 0. The summed E-state index contributed by atoms with van der Waals surface area (Å²) in [5.41, 5.74) is 12.3. The van der Waals surface area contributed by atoms with E-state index >= 15 is 0 Å². The molecule has 0 N–H and O–H groups in total. The molecule has 0 bridgehead atoms. The molecule has 0 unspecified atom stereocenters. The molecule has 56 heavy (non-hydrogen) atoms. The van der Waals surface area contributed by atoms with Crippen LogP contribution in [0.4, 0.5) is 17.1 Å². The van der Waals surface area contributed by atoms with E-state index in [1.54, 1.807) is 0 Å². The van der Waals surface area contributed by atoms with Crippen LogP contribution >= 0.6 is 0 Å². The Kier molecular flexibility index (Phi) is 7.53. The average molecular weight is 714 g/mol. The van der Waals surface area contributed by atoms with Crippen LogP contribution in [-0.4, -0.2) is 0 Å². The monoisotopic (exact) mass is 713 g/mol. The predicted molar refractivity (Wildman–Crippen MR) is 237 cm³/mol. The number of hydrogen-bond acceptors (Lipinski definition) is 2. The first-order valence-corrected chi connectivity index (χ1v) is 19.2. The number of rotatable bonds is 6. The molecule has 11 aromatic rings. The van der Waals surface area contributed by atoms with Gasteiger partial charge in [-0.15, -0.1) is 0 Å². The van der Waals surface area contributed by atoms with E-state index in [4.69, 9.17) is 4.42 Å². The first-order valence-electron chi connectivity index (χ1n) is 19.2. The highest BCUT2D eigenvalue weighted by atomic mass is 16.3. The van der Waals surface area contributed by atoms with E-state index in [-0.39, 0.29) is 0 Å². The van der Waals surface area contributed by atoms with Crippen molar-refractivity contribution in [3.8, 4) is 33.4 Å². The van der Waals surface area contributed by atoms with Crippen molar-refractivity contribution in [1.82, 2.24) is 0 Å². The minimum absolute atomic E-state index is 0.911. The molecule has 10 aromatic carbocycles. The summed E-state index contributed by atoms with van der Waals surface area (Å²) in [5, 5.41) is 9.58. The van der Waals surface area contributed by atoms with Gasteiger partial charge in [-0.2, -0.15) is 0 Å². The average Bonchev–Trinajstić information content (AvgIpc) is 3.66. The van der Waals surface area contributed by atoms with Gasteiger partial charge in [-0.1, -0.05) is 164 Å². The Balaban J connectivity index is 1.03. The number of fused-ring (bicyclic) bond motifs is 7. The lowest BCUT2D eigenvalue weighted by Crippen LogP contribution is -2.09. The van der Waals surface area contributed by atoms with E-state index in [9.17, 15) is 0 Å². The molecule has 1 aromatic heterocycles. The van der Waals surface area contributed by atoms with Gasteiger partial charge in [-0.3, -0.25) is 0 Å². The second-order valence-corrected chi connectivity index (χ2v) is 14.5. The molecule has 0 aliphatic carbocycles. The fraction of sp³-hybridized carbons (Fsp3) is 0. The molecule has 2 heteroatoms. The lowest BCUT2D eigenvalue weighted by Gasteiger charge is -2.26. The van der Waals surface area contributed by atoms with E-state index in [0.29, 0.717) is 0 Å². The van der Waals surface area contributed by atoms with Crippen LogP contribution in [0.25, 0.3) is 87.6 Å². The third-order valence-corrected chi connectivity index (χ3v) is 11.3. The Hall–Kier alpha value is -7.42. The number of para-hydroxylation sites is 1. The van der Waals surface area contributed by atoms with Crippen LogP contribution < -0.4 is 4.90 Å². The lowest BCUT2D eigenvalue weighted by atomic mass is 9.95. The second kappa shape index (κ2) is 13.2. The van der Waals surface area contributed by atoms with Crippen molar-refractivity contribution in [2.75, 3.05) is 4.90 Å². The quantitative estimate of drug-likeness (QED) is 0.171. The highest BCUT2D eigenvalue weighted by Crippen LogP contribution is 2.42. The molecule has 0 aliphatic heterocycles. The summed E-state index contributed by atoms with van der Waals surface area (Å²) < 4.78 is 6.41. The molecular formula is C54H35NO. The summed E-state index contributed by atoms with van der Waals surface area (Å²) in [5.74, 6) is 0. The first kappa shape index (κ1) is 32.0. The van der Waals surface area contributed by atoms with Crippen molar-refractivity contribution in [3.05, 3.63) is 212 Å². The molecular weight excluding hydrogens is 679 g/mol. The van der Waals surface area contributed by atoms with Gasteiger partial charge in [-0.05, 0) is 109 Å². The van der Waals surface area contributed by atoms with E-state index in [1.165, 1.54) is 54.7 Å². The van der Waals surface area contributed by atoms with Gasteiger partial charge in [0.05, 0.1) is 0 Å².